The molecule has 5 nitrogen and oxygen atoms in total. The van der Waals surface area contributed by atoms with E-state index in [-0.39, 0.29) is 17.8 Å². The second kappa shape index (κ2) is 7.67. The lowest BCUT2D eigenvalue weighted by Gasteiger charge is -2.13. The van der Waals surface area contributed by atoms with Gasteiger partial charge in [0, 0.05) is 17.5 Å². The Balaban J connectivity index is 1.98. The Bertz CT molecular complexity index is 1170. The minimum Gasteiger partial charge on any atom is -0.480 e. The van der Waals surface area contributed by atoms with Crippen LogP contribution in [-0.2, 0) is 13.6 Å². The SMILES string of the molecule is COc1ncc2c(c1C1=CCCC1)n(Cc1c(F)cc(SC)cc1F)c(=O)n2C. The molecule has 3 aromatic rings. The van der Waals surface area contributed by atoms with E-state index < -0.39 is 11.6 Å². The van der Waals surface area contributed by atoms with Crippen LogP contribution in [0.3, 0.4) is 0 Å². The van der Waals surface area contributed by atoms with Gasteiger partial charge in [-0.3, -0.25) is 9.13 Å². The number of hydrogen-bond acceptors (Lipinski definition) is 4. The number of pyridine rings is 1. The van der Waals surface area contributed by atoms with Crippen LogP contribution in [0.25, 0.3) is 16.6 Å². The number of benzene rings is 1. The first kappa shape index (κ1) is 19.7. The molecule has 152 valence electrons. The number of allylic oxidation sites excluding steroid dienone is 2. The number of rotatable bonds is 5. The maximum absolute atomic E-state index is 14.6. The summed E-state index contributed by atoms with van der Waals surface area (Å²) in [7, 11) is 3.16. The number of nitrogens with zero attached hydrogens (tertiary/aromatic N) is 3. The van der Waals surface area contributed by atoms with Crippen LogP contribution in [0.15, 0.2) is 34.1 Å². The third-order valence-corrected chi connectivity index (χ3v) is 6.08. The molecule has 0 amide bonds. The molecule has 8 heteroatoms. The molecule has 0 spiro atoms. The number of halogens is 2. The highest BCUT2D eigenvalue weighted by Crippen LogP contribution is 2.37. The lowest BCUT2D eigenvalue weighted by Crippen LogP contribution is -2.23. The quantitative estimate of drug-likeness (QED) is 0.579. The number of aromatic nitrogens is 3. The van der Waals surface area contributed by atoms with E-state index in [4.69, 9.17) is 4.74 Å². The molecule has 0 atom stereocenters. The summed E-state index contributed by atoms with van der Waals surface area (Å²) in [5, 5.41) is 0. The number of methoxy groups -OCH3 is 1. The fraction of sp³-hybridized carbons (Fsp3) is 0.333. The van der Waals surface area contributed by atoms with Crippen molar-refractivity contribution in [2.45, 2.75) is 30.7 Å². The molecule has 2 heterocycles. The number of thioether (sulfide) groups is 1. The van der Waals surface area contributed by atoms with E-state index in [1.165, 1.54) is 40.1 Å². The van der Waals surface area contributed by atoms with Crippen molar-refractivity contribution in [1.29, 1.82) is 0 Å². The molecule has 0 saturated carbocycles. The highest BCUT2D eigenvalue weighted by molar-refractivity contribution is 7.98. The summed E-state index contributed by atoms with van der Waals surface area (Å²) in [6.07, 6.45) is 8.20. The van der Waals surface area contributed by atoms with Crippen LogP contribution >= 0.6 is 11.8 Å². The van der Waals surface area contributed by atoms with Gasteiger partial charge in [0.1, 0.15) is 11.6 Å². The van der Waals surface area contributed by atoms with Crippen LogP contribution in [0, 0.1) is 11.6 Å². The number of ether oxygens (including phenoxy) is 1. The summed E-state index contributed by atoms with van der Waals surface area (Å²) in [5.74, 6) is -0.925. The third kappa shape index (κ3) is 3.25. The van der Waals surface area contributed by atoms with Gasteiger partial charge in [-0.2, -0.15) is 0 Å². The second-order valence-electron chi connectivity index (χ2n) is 7.00. The zero-order valence-corrected chi connectivity index (χ0v) is 17.3. The van der Waals surface area contributed by atoms with Crippen LogP contribution in [0.5, 0.6) is 5.88 Å². The zero-order chi connectivity index (χ0) is 20.7. The van der Waals surface area contributed by atoms with Crippen molar-refractivity contribution in [3.8, 4) is 5.88 Å². The largest absolute Gasteiger partial charge is 0.480 e. The Morgan fingerprint density at radius 3 is 2.59 bits per heavy atom. The number of aryl methyl sites for hydroxylation is 1. The van der Waals surface area contributed by atoms with Crippen molar-refractivity contribution in [1.82, 2.24) is 14.1 Å². The first-order chi connectivity index (χ1) is 14.0. The van der Waals surface area contributed by atoms with Gasteiger partial charge in [-0.25, -0.2) is 18.6 Å². The maximum atomic E-state index is 14.6. The van der Waals surface area contributed by atoms with Crippen molar-refractivity contribution in [3.63, 3.8) is 0 Å². The van der Waals surface area contributed by atoms with E-state index in [0.717, 1.165) is 30.4 Å². The molecule has 29 heavy (non-hydrogen) atoms. The van der Waals surface area contributed by atoms with Crippen LogP contribution in [-0.4, -0.2) is 27.5 Å². The van der Waals surface area contributed by atoms with Gasteiger partial charge in [0.15, 0.2) is 0 Å². The smallest absolute Gasteiger partial charge is 0.329 e. The molecule has 0 aliphatic heterocycles. The highest BCUT2D eigenvalue weighted by atomic mass is 32.2. The van der Waals surface area contributed by atoms with Gasteiger partial charge in [-0.1, -0.05) is 6.08 Å². The normalized spacial score (nSPS) is 13.9. The fourth-order valence-electron chi connectivity index (χ4n) is 3.87. The lowest BCUT2D eigenvalue weighted by molar-refractivity contribution is 0.397. The first-order valence-electron chi connectivity index (χ1n) is 9.29. The summed E-state index contributed by atoms with van der Waals surface area (Å²) in [6, 6.07) is 2.59. The predicted molar refractivity (Wildman–Crippen MR) is 111 cm³/mol. The van der Waals surface area contributed by atoms with E-state index in [0.29, 0.717) is 21.8 Å². The minimum atomic E-state index is -0.666. The molecule has 0 fully saturated rings. The van der Waals surface area contributed by atoms with Crippen molar-refractivity contribution in [3.05, 3.63) is 57.7 Å². The molecule has 1 aliphatic rings. The lowest BCUT2D eigenvalue weighted by atomic mass is 10.0. The highest BCUT2D eigenvalue weighted by Gasteiger charge is 2.24. The molecular formula is C21H21F2N3O2S. The van der Waals surface area contributed by atoms with Gasteiger partial charge in [0.25, 0.3) is 0 Å². The van der Waals surface area contributed by atoms with Gasteiger partial charge in [-0.15, -0.1) is 11.8 Å². The van der Waals surface area contributed by atoms with Crippen LogP contribution in [0.1, 0.15) is 30.4 Å². The molecule has 4 rings (SSSR count). The van der Waals surface area contributed by atoms with Gasteiger partial charge in [0.05, 0.1) is 36.4 Å². The molecular weight excluding hydrogens is 396 g/mol. The summed E-state index contributed by atoms with van der Waals surface area (Å²) in [5.41, 5.74) is 2.45. The molecule has 0 saturated heterocycles. The molecule has 0 unspecified atom stereocenters. The third-order valence-electron chi connectivity index (χ3n) is 5.37. The Hall–Kier alpha value is -2.61. The Morgan fingerprint density at radius 2 is 2.00 bits per heavy atom. The monoisotopic (exact) mass is 417 g/mol. The van der Waals surface area contributed by atoms with E-state index >= 15 is 0 Å². The predicted octanol–water partition coefficient (Wildman–Crippen LogP) is 4.36. The van der Waals surface area contributed by atoms with Crippen molar-refractivity contribution < 1.29 is 13.5 Å². The summed E-state index contributed by atoms with van der Waals surface area (Å²) in [4.78, 5) is 17.9. The minimum absolute atomic E-state index is 0.139. The van der Waals surface area contributed by atoms with Gasteiger partial charge >= 0.3 is 5.69 Å². The second-order valence-corrected chi connectivity index (χ2v) is 7.87. The van der Waals surface area contributed by atoms with E-state index in [9.17, 15) is 13.6 Å². The summed E-state index contributed by atoms with van der Waals surface area (Å²) < 4.78 is 37.6. The summed E-state index contributed by atoms with van der Waals surface area (Å²) >= 11 is 1.26. The van der Waals surface area contributed by atoms with Crippen molar-refractivity contribution in [2.75, 3.05) is 13.4 Å². The van der Waals surface area contributed by atoms with E-state index in [1.54, 1.807) is 19.5 Å². The van der Waals surface area contributed by atoms with Crippen molar-refractivity contribution in [2.24, 2.45) is 7.05 Å². The van der Waals surface area contributed by atoms with Gasteiger partial charge < -0.3 is 4.74 Å². The Kier molecular flexibility index (Phi) is 5.21. The van der Waals surface area contributed by atoms with Crippen molar-refractivity contribution >= 4 is 28.4 Å². The molecule has 2 aromatic heterocycles. The average molecular weight is 417 g/mol. The molecule has 1 aromatic carbocycles. The Labute approximate surface area is 171 Å². The maximum Gasteiger partial charge on any atom is 0.329 e. The summed E-state index contributed by atoms with van der Waals surface area (Å²) in [6.45, 7) is -0.212. The fourth-order valence-corrected chi connectivity index (χ4v) is 4.31. The number of imidazole rings is 1. The zero-order valence-electron chi connectivity index (χ0n) is 16.5. The van der Waals surface area contributed by atoms with Crippen LogP contribution in [0.4, 0.5) is 8.78 Å². The van der Waals surface area contributed by atoms with E-state index in [1.807, 2.05) is 0 Å². The topological polar surface area (TPSA) is 49.1 Å². The number of fused-ring (bicyclic) bond motifs is 1. The standard InChI is InChI=1S/C21H21F2N3O2S/c1-25-17-10-24-20(28-2)18(12-6-4-5-7-12)19(17)26(21(25)27)11-14-15(22)8-13(29-3)9-16(14)23/h6,8-10H,4-5,7,11H2,1-3H3. The van der Waals surface area contributed by atoms with Gasteiger partial charge in [0.2, 0.25) is 5.88 Å². The first-order valence-corrected chi connectivity index (χ1v) is 10.5. The molecule has 0 radical (unpaired) electrons. The van der Waals surface area contributed by atoms with Crippen LogP contribution in [0.2, 0.25) is 0 Å². The molecule has 1 aliphatic carbocycles. The van der Waals surface area contributed by atoms with E-state index in [2.05, 4.69) is 11.1 Å². The average Bonchev–Trinajstić information content (AvgIpc) is 3.32. The number of hydrogen-bond donors (Lipinski definition) is 0. The van der Waals surface area contributed by atoms with Crippen LogP contribution < -0.4 is 10.4 Å². The molecule has 0 N–H and O–H groups in total. The Morgan fingerprint density at radius 1 is 1.28 bits per heavy atom. The van der Waals surface area contributed by atoms with Gasteiger partial charge in [-0.05, 0) is 43.2 Å². The molecule has 0 bridgehead atoms.